The van der Waals surface area contributed by atoms with Crippen LogP contribution in [0.2, 0.25) is 0 Å². The predicted molar refractivity (Wildman–Crippen MR) is 158 cm³/mol. The Hall–Kier alpha value is -4.92. The van der Waals surface area contributed by atoms with Gasteiger partial charge in [0.2, 0.25) is 0 Å². The number of phenolic OH excluding ortho intramolecular Hbond substituents is 1. The van der Waals surface area contributed by atoms with E-state index < -0.39 is 5.92 Å². The molecule has 9 nitrogen and oxygen atoms in total. The first-order chi connectivity index (χ1) is 20.3. The molecule has 1 amide bonds. The number of rotatable bonds is 8. The van der Waals surface area contributed by atoms with Gasteiger partial charge in [-0.3, -0.25) is 9.59 Å². The van der Waals surface area contributed by atoms with E-state index in [2.05, 4.69) is 10.6 Å². The van der Waals surface area contributed by atoms with Crippen molar-refractivity contribution in [1.29, 1.82) is 0 Å². The van der Waals surface area contributed by atoms with Crippen LogP contribution in [0.3, 0.4) is 0 Å². The zero-order valence-electron chi connectivity index (χ0n) is 24.2. The van der Waals surface area contributed by atoms with Crippen molar-refractivity contribution >= 4 is 17.4 Å². The third kappa shape index (κ3) is 5.25. The SMILES string of the molecule is COc1ccc([C@H]2C(C(=O)Nc3ccccc3OC)=C(C)NC3=C2C(=O)C[C@@H](c2ccc(OC)c(OC)c2)C3)cc1O. The maximum absolute atomic E-state index is 14.0. The number of dihydropyridines is 1. The number of carbonyl (C=O) groups is 2. The molecule has 0 spiro atoms. The van der Waals surface area contributed by atoms with Crippen molar-refractivity contribution in [1.82, 2.24) is 5.32 Å². The average molecular weight is 571 g/mol. The summed E-state index contributed by atoms with van der Waals surface area (Å²) in [5.74, 6) is 0.648. The molecule has 0 saturated carbocycles. The second kappa shape index (κ2) is 11.9. The molecule has 2 aliphatic rings. The van der Waals surface area contributed by atoms with Crippen molar-refractivity contribution in [2.45, 2.75) is 31.6 Å². The molecule has 0 saturated heterocycles. The van der Waals surface area contributed by atoms with Gasteiger partial charge in [-0.25, -0.2) is 0 Å². The van der Waals surface area contributed by atoms with Crippen LogP contribution in [-0.4, -0.2) is 45.2 Å². The summed E-state index contributed by atoms with van der Waals surface area (Å²) in [5, 5.41) is 17.0. The Morgan fingerprint density at radius 3 is 2.19 bits per heavy atom. The van der Waals surface area contributed by atoms with Gasteiger partial charge in [0.15, 0.2) is 28.8 Å². The Labute approximate surface area is 244 Å². The molecule has 3 N–H and O–H groups in total. The van der Waals surface area contributed by atoms with Crippen molar-refractivity contribution in [3.63, 3.8) is 0 Å². The van der Waals surface area contributed by atoms with Gasteiger partial charge in [-0.15, -0.1) is 0 Å². The number of ketones is 1. The molecule has 1 aliphatic carbocycles. The highest BCUT2D eigenvalue weighted by atomic mass is 16.5. The summed E-state index contributed by atoms with van der Waals surface area (Å²) < 4.78 is 21.6. The van der Waals surface area contributed by atoms with Crippen molar-refractivity contribution in [3.8, 4) is 28.7 Å². The fraction of sp³-hybridized carbons (Fsp3) is 0.273. The van der Waals surface area contributed by atoms with E-state index >= 15 is 0 Å². The van der Waals surface area contributed by atoms with Crippen LogP contribution in [0.25, 0.3) is 0 Å². The Morgan fingerprint density at radius 1 is 0.833 bits per heavy atom. The lowest BCUT2D eigenvalue weighted by atomic mass is 9.71. The number of carbonyl (C=O) groups excluding carboxylic acids is 2. The molecule has 42 heavy (non-hydrogen) atoms. The minimum absolute atomic E-state index is 0.0794. The number of phenols is 1. The van der Waals surface area contributed by atoms with Crippen molar-refractivity contribution < 1.29 is 33.6 Å². The summed E-state index contributed by atoms with van der Waals surface area (Å²) in [4.78, 5) is 27.9. The monoisotopic (exact) mass is 570 g/mol. The zero-order valence-corrected chi connectivity index (χ0v) is 24.2. The number of hydrogen-bond donors (Lipinski definition) is 3. The standard InChI is InChI=1S/C33H34N2O7/c1-18-30(33(38)35-22-8-6-7-9-26(22)39-2)31(20-11-12-27(40-3)24(36)15-20)32-23(34-18)14-21(16-25(32)37)19-10-13-28(41-4)29(17-19)42-5/h6-13,15,17,21,31,34,36H,14,16H2,1-5H3,(H,35,38)/t21-,31-/m0/s1. The fourth-order valence-electron chi connectivity index (χ4n) is 5.84. The molecule has 9 heteroatoms. The van der Waals surface area contributed by atoms with Gasteiger partial charge in [0.1, 0.15) is 5.75 Å². The molecule has 0 radical (unpaired) electrons. The summed E-state index contributed by atoms with van der Waals surface area (Å²) in [6, 6.07) is 17.8. The first-order valence-corrected chi connectivity index (χ1v) is 13.6. The molecular formula is C33H34N2O7. The molecule has 0 fully saturated rings. The van der Waals surface area contributed by atoms with E-state index in [0.717, 1.165) is 11.3 Å². The van der Waals surface area contributed by atoms with E-state index in [-0.39, 0.29) is 29.8 Å². The predicted octanol–water partition coefficient (Wildman–Crippen LogP) is 5.43. The maximum atomic E-state index is 14.0. The van der Waals surface area contributed by atoms with E-state index in [9.17, 15) is 14.7 Å². The molecule has 1 aliphatic heterocycles. The minimum atomic E-state index is -0.716. The molecule has 5 rings (SSSR count). The number of aromatic hydroxyl groups is 1. The van der Waals surface area contributed by atoms with E-state index in [1.807, 2.05) is 31.2 Å². The van der Waals surface area contributed by atoms with Crippen LogP contribution in [0.5, 0.6) is 28.7 Å². The number of amides is 1. The third-order valence-electron chi connectivity index (χ3n) is 7.84. The van der Waals surface area contributed by atoms with Gasteiger partial charge in [0, 0.05) is 34.9 Å². The molecule has 3 aromatic rings. The van der Waals surface area contributed by atoms with Gasteiger partial charge in [-0.1, -0.05) is 24.3 Å². The smallest absolute Gasteiger partial charge is 0.254 e. The van der Waals surface area contributed by atoms with Crippen LogP contribution in [0.1, 0.15) is 42.7 Å². The Morgan fingerprint density at radius 2 is 1.50 bits per heavy atom. The quantitative estimate of drug-likeness (QED) is 0.329. The number of allylic oxidation sites excluding steroid dienone is 3. The lowest BCUT2D eigenvalue weighted by Gasteiger charge is -2.37. The van der Waals surface area contributed by atoms with Crippen LogP contribution in [0.15, 0.2) is 83.2 Å². The summed E-state index contributed by atoms with van der Waals surface area (Å²) in [6.45, 7) is 1.82. The first kappa shape index (κ1) is 28.6. The van der Waals surface area contributed by atoms with Gasteiger partial charge in [0.25, 0.3) is 5.91 Å². The molecule has 218 valence electrons. The highest BCUT2D eigenvalue weighted by Crippen LogP contribution is 2.47. The summed E-state index contributed by atoms with van der Waals surface area (Å²) >= 11 is 0. The normalized spacial score (nSPS) is 18.2. The summed E-state index contributed by atoms with van der Waals surface area (Å²) in [5.41, 5.74) is 4.30. The number of nitrogens with one attached hydrogen (secondary N) is 2. The van der Waals surface area contributed by atoms with E-state index in [4.69, 9.17) is 18.9 Å². The van der Waals surface area contributed by atoms with Crippen LogP contribution in [0, 0.1) is 0 Å². The zero-order chi connectivity index (χ0) is 30.0. The first-order valence-electron chi connectivity index (χ1n) is 13.6. The van der Waals surface area contributed by atoms with E-state index in [0.29, 0.717) is 57.5 Å². The topological polar surface area (TPSA) is 115 Å². The minimum Gasteiger partial charge on any atom is -0.504 e. The number of methoxy groups -OCH3 is 4. The lowest BCUT2D eigenvalue weighted by molar-refractivity contribution is -0.116. The molecular weight excluding hydrogens is 536 g/mol. The number of anilines is 1. The molecule has 0 bridgehead atoms. The number of benzene rings is 3. The largest absolute Gasteiger partial charge is 0.504 e. The highest BCUT2D eigenvalue weighted by molar-refractivity contribution is 6.10. The highest BCUT2D eigenvalue weighted by Gasteiger charge is 2.41. The molecule has 2 atom stereocenters. The maximum Gasteiger partial charge on any atom is 0.254 e. The number of Topliss-reactive ketones (excluding diaryl/α,β-unsaturated/α-hetero) is 1. The van der Waals surface area contributed by atoms with Crippen molar-refractivity contribution in [2.24, 2.45) is 0 Å². The van der Waals surface area contributed by atoms with Gasteiger partial charge in [-0.05, 0) is 66.8 Å². The number of hydrogen-bond acceptors (Lipinski definition) is 8. The second-order valence-electron chi connectivity index (χ2n) is 10.2. The molecule has 1 heterocycles. The second-order valence-corrected chi connectivity index (χ2v) is 10.2. The van der Waals surface area contributed by atoms with Crippen LogP contribution >= 0.6 is 0 Å². The summed E-state index contributed by atoms with van der Waals surface area (Å²) in [6.07, 6.45) is 0.795. The lowest BCUT2D eigenvalue weighted by Crippen LogP contribution is -2.37. The Balaban J connectivity index is 1.57. The molecule has 0 aromatic heterocycles. The van der Waals surface area contributed by atoms with Gasteiger partial charge < -0.3 is 34.7 Å². The third-order valence-corrected chi connectivity index (χ3v) is 7.84. The Bertz CT molecular complexity index is 1610. The van der Waals surface area contributed by atoms with Gasteiger partial charge >= 0.3 is 0 Å². The average Bonchev–Trinajstić information content (AvgIpc) is 2.99. The summed E-state index contributed by atoms with van der Waals surface area (Å²) in [7, 11) is 6.17. The number of para-hydroxylation sites is 2. The van der Waals surface area contributed by atoms with Crippen LogP contribution < -0.4 is 29.6 Å². The van der Waals surface area contributed by atoms with Gasteiger partial charge in [-0.2, -0.15) is 0 Å². The van der Waals surface area contributed by atoms with E-state index in [1.165, 1.54) is 14.2 Å². The number of ether oxygens (including phenoxy) is 4. The molecule has 3 aromatic carbocycles. The van der Waals surface area contributed by atoms with Gasteiger partial charge in [0.05, 0.1) is 34.1 Å². The van der Waals surface area contributed by atoms with Crippen LogP contribution in [-0.2, 0) is 9.59 Å². The molecule has 0 unspecified atom stereocenters. The fourth-order valence-corrected chi connectivity index (χ4v) is 5.84. The van der Waals surface area contributed by atoms with Crippen LogP contribution in [0.4, 0.5) is 5.69 Å². The Kier molecular flexibility index (Phi) is 8.10. The van der Waals surface area contributed by atoms with Crippen molar-refractivity contribution in [3.05, 3.63) is 94.3 Å². The van der Waals surface area contributed by atoms with Crippen molar-refractivity contribution in [2.75, 3.05) is 33.8 Å². The van der Waals surface area contributed by atoms with E-state index in [1.54, 1.807) is 50.6 Å².